The molecule has 1 atom stereocenters. The highest BCUT2D eigenvalue weighted by Crippen LogP contribution is 2.45. The predicted octanol–water partition coefficient (Wildman–Crippen LogP) is 2.38. The molecule has 0 amide bonds. The maximum atomic E-state index is 12.2. The van der Waals surface area contributed by atoms with Crippen molar-refractivity contribution in [2.75, 3.05) is 21.3 Å². The summed E-state index contributed by atoms with van der Waals surface area (Å²) in [6, 6.07) is 5.43. The minimum Gasteiger partial charge on any atom is -0.493 e. The standard InChI is InChI=1S/C18H20N2O5/c1-9(21)15-10(2)25-18(20)12(8-19)16(15)11-6-13(22-3)17(24-5)14(7-11)23-4/h6-7,16H,20H2,1-5H3/t16-/m1/s1. The number of allylic oxidation sites excluding steroid dienone is 3. The zero-order chi connectivity index (χ0) is 18.7. The van der Waals surface area contributed by atoms with E-state index in [1.165, 1.54) is 28.3 Å². The van der Waals surface area contributed by atoms with E-state index < -0.39 is 5.92 Å². The average molecular weight is 344 g/mol. The number of hydrogen-bond acceptors (Lipinski definition) is 7. The SMILES string of the molecule is COc1cc([C@@H]2C(C#N)=C(N)OC(C)=C2C(C)=O)cc(OC)c1OC. The van der Waals surface area contributed by atoms with E-state index in [1.54, 1.807) is 19.1 Å². The Morgan fingerprint density at radius 1 is 1.20 bits per heavy atom. The van der Waals surface area contributed by atoms with E-state index in [0.29, 0.717) is 34.1 Å². The van der Waals surface area contributed by atoms with E-state index in [0.717, 1.165) is 0 Å². The van der Waals surface area contributed by atoms with Crippen molar-refractivity contribution in [3.8, 4) is 23.3 Å². The van der Waals surface area contributed by atoms with Crippen LogP contribution in [0.3, 0.4) is 0 Å². The molecule has 0 unspecified atom stereocenters. The third-order valence-corrected chi connectivity index (χ3v) is 4.01. The Morgan fingerprint density at radius 2 is 1.76 bits per heavy atom. The van der Waals surface area contributed by atoms with Crippen molar-refractivity contribution in [1.29, 1.82) is 5.26 Å². The molecule has 0 saturated heterocycles. The molecule has 0 saturated carbocycles. The molecule has 25 heavy (non-hydrogen) atoms. The molecule has 7 heteroatoms. The van der Waals surface area contributed by atoms with E-state index in [2.05, 4.69) is 0 Å². The maximum absolute atomic E-state index is 12.2. The first-order chi connectivity index (χ1) is 11.9. The lowest BCUT2D eigenvalue weighted by Crippen LogP contribution is -2.23. The van der Waals surface area contributed by atoms with Gasteiger partial charge in [0.15, 0.2) is 17.3 Å². The number of Topliss-reactive ketones (excluding diaryl/α,β-unsaturated/α-hetero) is 1. The monoisotopic (exact) mass is 344 g/mol. The van der Waals surface area contributed by atoms with Gasteiger partial charge in [-0.2, -0.15) is 5.26 Å². The van der Waals surface area contributed by atoms with Crippen LogP contribution in [0.4, 0.5) is 0 Å². The van der Waals surface area contributed by atoms with Crippen LogP contribution < -0.4 is 19.9 Å². The molecule has 2 N–H and O–H groups in total. The molecule has 7 nitrogen and oxygen atoms in total. The van der Waals surface area contributed by atoms with E-state index in [4.69, 9.17) is 24.7 Å². The predicted molar refractivity (Wildman–Crippen MR) is 90.1 cm³/mol. The van der Waals surface area contributed by atoms with E-state index in [9.17, 15) is 10.1 Å². The fourth-order valence-electron chi connectivity index (χ4n) is 2.94. The van der Waals surface area contributed by atoms with Crippen molar-refractivity contribution in [3.63, 3.8) is 0 Å². The number of nitriles is 1. The van der Waals surface area contributed by atoms with Crippen LogP contribution in [0.2, 0.25) is 0 Å². The number of carbonyl (C=O) groups is 1. The molecular weight excluding hydrogens is 324 g/mol. The second kappa shape index (κ2) is 7.18. The smallest absolute Gasteiger partial charge is 0.205 e. The molecular formula is C18H20N2O5. The lowest BCUT2D eigenvalue weighted by atomic mass is 9.81. The van der Waals surface area contributed by atoms with Gasteiger partial charge in [-0.15, -0.1) is 0 Å². The van der Waals surface area contributed by atoms with E-state index in [1.807, 2.05) is 6.07 Å². The summed E-state index contributed by atoms with van der Waals surface area (Å²) in [5.74, 6) is 0.703. The van der Waals surface area contributed by atoms with Crippen LogP contribution in [0.5, 0.6) is 17.2 Å². The second-order valence-electron chi connectivity index (χ2n) is 5.41. The highest BCUT2D eigenvalue weighted by Gasteiger charge is 2.35. The van der Waals surface area contributed by atoms with Crippen LogP contribution in [0, 0.1) is 11.3 Å². The van der Waals surface area contributed by atoms with Gasteiger partial charge in [0.2, 0.25) is 11.6 Å². The van der Waals surface area contributed by atoms with Crippen LogP contribution in [-0.2, 0) is 9.53 Å². The van der Waals surface area contributed by atoms with Gasteiger partial charge < -0.3 is 24.7 Å². The summed E-state index contributed by atoms with van der Waals surface area (Å²) in [7, 11) is 4.49. The fraction of sp³-hybridized carbons (Fsp3) is 0.333. The summed E-state index contributed by atoms with van der Waals surface area (Å²) in [6.07, 6.45) is 0. The number of rotatable bonds is 5. The molecule has 132 valence electrons. The molecule has 2 rings (SSSR count). The van der Waals surface area contributed by atoms with Gasteiger partial charge in [-0.25, -0.2) is 0 Å². The van der Waals surface area contributed by atoms with Gasteiger partial charge in [0, 0.05) is 5.57 Å². The van der Waals surface area contributed by atoms with Crippen LogP contribution >= 0.6 is 0 Å². The number of benzene rings is 1. The molecule has 1 aromatic carbocycles. The summed E-state index contributed by atoms with van der Waals surface area (Å²) in [6.45, 7) is 3.06. The Hall–Kier alpha value is -3.14. The quantitative estimate of drug-likeness (QED) is 0.874. The average Bonchev–Trinajstić information content (AvgIpc) is 2.59. The number of carbonyl (C=O) groups excluding carboxylic acids is 1. The van der Waals surface area contributed by atoms with Gasteiger partial charge in [0.1, 0.15) is 17.4 Å². The number of nitrogens with zero attached hydrogens (tertiary/aromatic N) is 1. The Kier molecular flexibility index (Phi) is 5.22. The van der Waals surface area contributed by atoms with E-state index in [-0.39, 0.29) is 17.2 Å². The highest BCUT2D eigenvalue weighted by atomic mass is 16.5. The Bertz CT molecular complexity index is 792. The maximum Gasteiger partial charge on any atom is 0.205 e. The van der Waals surface area contributed by atoms with Gasteiger partial charge in [-0.3, -0.25) is 4.79 Å². The zero-order valence-electron chi connectivity index (χ0n) is 14.8. The van der Waals surface area contributed by atoms with Crippen LogP contribution in [0.15, 0.2) is 34.9 Å². The van der Waals surface area contributed by atoms with Crippen molar-refractivity contribution in [2.24, 2.45) is 5.73 Å². The first kappa shape index (κ1) is 18.2. The third-order valence-electron chi connectivity index (χ3n) is 4.01. The summed E-state index contributed by atoms with van der Waals surface area (Å²) >= 11 is 0. The number of nitrogens with two attached hydrogens (primary N) is 1. The lowest BCUT2D eigenvalue weighted by Gasteiger charge is -2.27. The first-order valence-corrected chi connectivity index (χ1v) is 7.48. The van der Waals surface area contributed by atoms with Crippen molar-refractivity contribution < 1.29 is 23.7 Å². The summed E-state index contributed by atoms with van der Waals surface area (Å²) in [4.78, 5) is 12.2. The fourth-order valence-corrected chi connectivity index (χ4v) is 2.94. The van der Waals surface area contributed by atoms with Crippen molar-refractivity contribution in [3.05, 3.63) is 40.5 Å². The summed E-state index contributed by atoms with van der Waals surface area (Å²) < 4.78 is 21.4. The van der Waals surface area contributed by atoms with Crippen molar-refractivity contribution in [1.82, 2.24) is 0 Å². The minimum absolute atomic E-state index is 0.0243. The second-order valence-corrected chi connectivity index (χ2v) is 5.41. The number of hydrogen-bond donors (Lipinski definition) is 1. The van der Waals surface area contributed by atoms with Crippen molar-refractivity contribution in [2.45, 2.75) is 19.8 Å². The van der Waals surface area contributed by atoms with Crippen LogP contribution in [-0.4, -0.2) is 27.1 Å². The third kappa shape index (κ3) is 3.11. The Labute approximate surface area is 146 Å². The summed E-state index contributed by atoms with van der Waals surface area (Å²) in [5, 5.41) is 9.54. The Balaban J connectivity index is 2.77. The van der Waals surface area contributed by atoms with Crippen molar-refractivity contribution >= 4 is 5.78 Å². The molecule has 0 aliphatic carbocycles. The van der Waals surface area contributed by atoms with Gasteiger partial charge in [0.05, 0.1) is 27.2 Å². The number of ether oxygens (including phenoxy) is 4. The zero-order valence-corrected chi connectivity index (χ0v) is 14.8. The molecule has 0 spiro atoms. The van der Waals surface area contributed by atoms with Gasteiger partial charge in [0.25, 0.3) is 0 Å². The van der Waals surface area contributed by atoms with Crippen LogP contribution in [0.1, 0.15) is 25.3 Å². The molecule has 1 aliphatic heterocycles. The minimum atomic E-state index is -0.676. The molecule has 0 radical (unpaired) electrons. The highest BCUT2D eigenvalue weighted by molar-refractivity contribution is 5.96. The summed E-state index contributed by atoms with van der Waals surface area (Å²) in [5.41, 5.74) is 7.00. The number of methoxy groups -OCH3 is 3. The molecule has 0 bridgehead atoms. The van der Waals surface area contributed by atoms with Crippen LogP contribution in [0.25, 0.3) is 0 Å². The van der Waals surface area contributed by atoms with Gasteiger partial charge >= 0.3 is 0 Å². The first-order valence-electron chi connectivity index (χ1n) is 7.48. The molecule has 0 fully saturated rings. The molecule has 0 aromatic heterocycles. The number of ketones is 1. The Morgan fingerprint density at radius 3 is 2.16 bits per heavy atom. The normalized spacial score (nSPS) is 16.9. The topological polar surface area (TPSA) is 104 Å². The van der Waals surface area contributed by atoms with Gasteiger partial charge in [-0.1, -0.05) is 0 Å². The van der Waals surface area contributed by atoms with E-state index >= 15 is 0 Å². The molecule has 1 heterocycles. The lowest BCUT2D eigenvalue weighted by molar-refractivity contribution is -0.114. The molecule has 1 aromatic rings. The molecule has 1 aliphatic rings. The van der Waals surface area contributed by atoms with Gasteiger partial charge in [-0.05, 0) is 31.5 Å². The largest absolute Gasteiger partial charge is 0.493 e.